The van der Waals surface area contributed by atoms with Crippen molar-refractivity contribution < 1.29 is 4.74 Å². The van der Waals surface area contributed by atoms with Gasteiger partial charge in [0.25, 0.3) is 0 Å². The summed E-state index contributed by atoms with van der Waals surface area (Å²) in [4.78, 5) is 4.80. The Morgan fingerprint density at radius 1 is 1.21 bits per heavy atom. The number of likely N-dealkylation sites (N-methyl/N-ethyl adjacent to an activating group) is 2. The van der Waals surface area contributed by atoms with Crippen LogP contribution in [-0.2, 0) is 4.74 Å². The third-order valence-electron chi connectivity index (χ3n) is 2.91. The second-order valence-corrected chi connectivity index (χ2v) is 4.07. The van der Waals surface area contributed by atoms with Crippen LogP contribution in [0.15, 0.2) is 0 Å². The number of morpholine rings is 1. The molecule has 1 spiro atoms. The minimum Gasteiger partial charge on any atom is -0.370 e. The van der Waals surface area contributed by atoms with Crippen molar-refractivity contribution in [3.8, 4) is 0 Å². The van der Waals surface area contributed by atoms with Crippen molar-refractivity contribution in [3.05, 3.63) is 0 Å². The molecule has 2 saturated heterocycles. The highest BCUT2D eigenvalue weighted by molar-refractivity contribution is 5.00. The fraction of sp³-hybridized carbons (Fsp3) is 1.00. The fourth-order valence-electron chi connectivity index (χ4n) is 2.22. The molecule has 0 atom stereocenters. The van der Waals surface area contributed by atoms with E-state index >= 15 is 0 Å². The largest absolute Gasteiger partial charge is 0.370 e. The monoisotopic (exact) mass is 200 g/mol. The van der Waals surface area contributed by atoms with E-state index in [9.17, 15) is 0 Å². The molecule has 0 aromatic carbocycles. The smallest absolute Gasteiger partial charge is 0.106 e. The molecule has 0 aliphatic carbocycles. The van der Waals surface area contributed by atoms with Crippen LogP contribution in [0.5, 0.6) is 0 Å². The Labute approximate surface area is 88.0 Å². The summed E-state index contributed by atoms with van der Waals surface area (Å²) in [6.45, 7) is 12.8. The summed E-state index contributed by atoms with van der Waals surface area (Å²) < 4.78 is 5.82. The van der Waals surface area contributed by atoms with Gasteiger partial charge in [-0.2, -0.15) is 0 Å². The molecule has 3 heteroatoms. The van der Waals surface area contributed by atoms with Crippen LogP contribution in [0.3, 0.4) is 0 Å². The number of ether oxygens (including phenoxy) is 1. The number of hydrogen-bond donors (Lipinski definition) is 0. The molecule has 0 amide bonds. The maximum Gasteiger partial charge on any atom is 0.106 e. The van der Waals surface area contributed by atoms with Gasteiger partial charge in [-0.25, -0.2) is 0 Å². The molecule has 84 valence electrons. The number of nitrogens with zero attached hydrogens (tertiary/aromatic N) is 2. The predicted octanol–water partition coefficient (Wildman–Crippen LogP) is 1.05. The van der Waals surface area contributed by atoms with Gasteiger partial charge in [0.2, 0.25) is 0 Å². The SMILES string of the molecule is CC.CCN1CC2(CN(C)CCO2)C1. The molecule has 2 aliphatic rings. The average molecular weight is 200 g/mol. The molecule has 2 rings (SSSR count). The highest BCUT2D eigenvalue weighted by Crippen LogP contribution is 2.27. The Kier molecular flexibility index (Phi) is 4.35. The standard InChI is InChI=1S/C9H18N2O.C2H6/c1-3-11-7-9(8-11)6-10(2)4-5-12-9;1-2/h3-8H2,1-2H3;1-2H3. The van der Waals surface area contributed by atoms with E-state index in [1.807, 2.05) is 13.8 Å². The highest BCUT2D eigenvalue weighted by Gasteiger charge is 2.45. The van der Waals surface area contributed by atoms with Crippen molar-refractivity contribution in [1.29, 1.82) is 0 Å². The van der Waals surface area contributed by atoms with Crippen molar-refractivity contribution in [1.82, 2.24) is 9.80 Å². The quantitative estimate of drug-likeness (QED) is 0.629. The van der Waals surface area contributed by atoms with E-state index in [1.165, 1.54) is 0 Å². The molecule has 2 fully saturated rings. The zero-order valence-corrected chi connectivity index (χ0v) is 10.0. The highest BCUT2D eigenvalue weighted by atomic mass is 16.5. The summed E-state index contributed by atoms with van der Waals surface area (Å²) in [5.74, 6) is 0. The first kappa shape index (κ1) is 12.0. The van der Waals surface area contributed by atoms with Crippen LogP contribution in [0, 0.1) is 0 Å². The van der Waals surface area contributed by atoms with Gasteiger partial charge >= 0.3 is 0 Å². The van der Waals surface area contributed by atoms with Crippen molar-refractivity contribution in [2.24, 2.45) is 0 Å². The maximum atomic E-state index is 5.82. The summed E-state index contributed by atoms with van der Waals surface area (Å²) >= 11 is 0. The van der Waals surface area contributed by atoms with Gasteiger partial charge in [0, 0.05) is 26.2 Å². The van der Waals surface area contributed by atoms with E-state index in [4.69, 9.17) is 4.74 Å². The Balaban J connectivity index is 0.000000461. The van der Waals surface area contributed by atoms with E-state index in [0.717, 1.165) is 39.3 Å². The number of rotatable bonds is 1. The van der Waals surface area contributed by atoms with E-state index in [1.54, 1.807) is 0 Å². The van der Waals surface area contributed by atoms with Gasteiger partial charge in [0.05, 0.1) is 6.61 Å². The lowest BCUT2D eigenvalue weighted by molar-refractivity contribution is -0.178. The lowest BCUT2D eigenvalue weighted by Gasteiger charge is -2.53. The van der Waals surface area contributed by atoms with Gasteiger partial charge in [-0.3, -0.25) is 4.90 Å². The summed E-state index contributed by atoms with van der Waals surface area (Å²) in [6, 6.07) is 0. The number of likely N-dealkylation sites (tertiary alicyclic amines) is 1. The lowest BCUT2D eigenvalue weighted by atomic mass is 9.92. The topological polar surface area (TPSA) is 15.7 Å². The van der Waals surface area contributed by atoms with Crippen LogP contribution in [0.4, 0.5) is 0 Å². The van der Waals surface area contributed by atoms with Gasteiger partial charge in [-0.15, -0.1) is 0 Å². The average Bonchev–Trinajstić information content (AvgIpc) is 2.17. The summed E-state index contributed by atoms with van der Waals surface area (Å²) in [6.07, 6.45) is 0. The van der Waals surface area contributed by atoms with E-state index in [2.05, 4.69) is 23.8 Å². The minimum absolute atomic E-state index is 0.197. The Morgan fingerprint density at radius 2 is 1.86 bits per heavy atom. The summed E-state index contributed by atoms with van der Waals surface area (Å²) in [5, 5.41) is 0. The summed E-state index contributed by atoms with van der Waals surface area (Å²) in [5.41, 5.74) is 0.197. The molecule has 0 N–H and O–H groups in total. The van der Waals surface area contributed by atoms with Crippen molar-refractivity contribution in [2.75, 3.05) is 46.4 Å². The van der Waals surface area contributed by atoms with Crippen LogP contribution in [-0.4, -0.2) is 61.8 Å². The zero-order chi connectivity index (χ0) is 10.6. The van der Waals surface area contributed by atoms with Gasteiger partial charge in [-0.1, -0.05) is 20.8 Å². The molecule has 0 saturated carbocycles. The van der Waals surface area contributed by atoms with Crippen LogP contribution in [0.25, 0.3) is 0 Å². The molecule has 14 heavy (non-hydrogen) atoms. The zero-order valence-electron chi connectivity index (χ0n) is 10.0. The van der Waals surface area contributed by atoms with E-state index in [0.29, 0.717) is 0 Å². The van der Waals surface area contributed by atoms with Gasteiger partial charge in [-0.05, 0) is 13.6 Å². The normalized spacial score (nSPS) is 26.6. The fourth-order valence-corrected chi connectivity index (χ4v) is 2.22. The molecule has 3 nitrogen and oxygen atoms in total. The number of hydrogen-bond acceptors (Lipinski definition) is 3. The molecular weight excluding hydrogens is 176 g/mol. The van der Waals surface area contributed by atoms with Gasteiger partial charge < -0.3 is 9.64 Å². The van der Waals surface area contributed by atoms with Crippen LogP contribution < -0.4 is 0 Å². The van der Waals surface area contributed by atoms with E-state index in [-0.39, 0.29) is 5.60 Å². The first-order valence-corrected chi connectivity index (χ1v) is 5.79. The second-order valence-electron chi connectivity index (χ2n) is 4.07. The molecule has 0 aromatic rings. The third-order valence-corrected chi connectivity index (χ3v) is 2.91. The van der Waals surface area contributed by atoms with Crippen molar-refractivity contribution in [3.63, 3.8) is 0 Å². The van der Waals surface area contributed by atoms with Crippen LogP contribution in [0.1, 0.15) is 20.8 Å². The van der Waals surface area contributed by atoms with Gasteiger partial charge in [0.1, 0.15) is 5.60 Å². The van der Waals surface area contributed by atoms with Crippen molar-refractivity contribution in [2.45, 2.75) is 26.4 Å². The minimum atomic E-state index is 0.197. The van der Waals surface area contributed by atoms with Gasteiger partial charge in [0.15, 0.2) is 0 Å². The Bertz CT molecular complexity index is 167. The molecule has 0 aromatic heterocycles. The Hall–Kier alpha value is -0.120. The predicted molar refractivity (Wildman–Crippen MR) is 59.6 cm³/mol. The molecule has 2 aliphatic heterocycles. The molecule has 0 bridgehead atoms. The van der Waals surface area contributed by atoms with E-state index < -0.39 is 0 Å². The lowest BCUT2D eigenvalue weighted by Crippen LogP contribution is -2.69. The first-order valence-electron chi connectivity index (χ1n) is 5.79. The molecule has 0 radical (unpaired) electrons. The second kappa shape index (κ2) is 5.10. The molecular formula is C11H24N2O. The van der Waals surface area contributed by atoms with Crippen molar-refractivity contribution >= 4 is 0 Å². The third kappa shape index (κ3) is 2.47. The molecule has 0 unspecified atom stereocenters. The first-order chi connectivity index (χ1) is 6.74. The maximum absolute atomic E-state index is 5.82. The summed E-state index contributed by atoms with van der Waals surface area (Å²) in [7, 11) is 2.18. The van der Waals surface area contributed by atoms with Crippen LogP contribution in [0.2, 0.25) is 0 Å². The molecule has 2 heterocycles. The Morgan fingerprint density at radius 3 is 2.36 bits per heavy atom. The van der Waals surface area contributed by atoms with Crippen LogP contribution >= 0.6 is 0 Å².